The molecule has 1 atom stereocenters. The number of aromatic carboxylic acids is 1. The third-order valence-corrected chi connectivity index (χ3v) is 4.99. The lowest BCUT2D eigenvalue weighted by molar-refractivity contribution is -0.142. The van der Waals surface area contributed by atoms with E-state index in [4.69, 9.17) is 5.11 Å². The highest BCUT2D eigenvalue weighted by atomic mass is 16.4. The second-order valence-corrected chi connectivity index (χ2v) is 7.05. The predicted octanol–water partition coefficient (Wildman–Crippen LogP) is 2.62. The minimum Gasteiger partial charge on any atom is -0.478 e. The van der Waals surface area contributed by atoms with Crippen LogP contribution in [0.25, 0.3) is 0 Å². The van der Waals surface area contributed by atoms with Crippen LogP contribution in [0, 0.1) is 6.92 Å². The fraction of sp³-hybridized carbons (Fsp3) is 0.273. The number of nitrogens with zero attached hydrogens (tertiary/aromatic N) is 3. The molecule has 0 aliphatic carbocycles. The number of aryl methyl sites for hydroxylation is 1. The SMILES string of the molecule is CCN1C=C(Cc2ccc(C(=O)O)cc2)N(C(C)=O)C(Nc2cnccc2C)C1=O. The summed E-state index contributed by atoms with van der Waals surface area (Å²) in [5.41, 5.74) is 3.25. The number of aromatic nitrogens is 1. The van der Waals surface area contributed by atoms with Gasteiger partial charge >= 0.3 is 5.97 Å². The van der Waals surface area contributed by atoms with E-state index in [1.807, 2.05) is 19.9 Å². The van der Waals surface area contributed by atoms with Crippen molar-refractivity contribution in [3.63, 3.8) is 0 Å². The van der Waals surface area contributed by atoms with Crippen molar-refractivity contribution in [1.82, 2.24) is 14.8 Å². The lowest BCUT2D eigenvalue weighted by Crippen LogP contribution is -2.56. The Kier molecular flexibility index (Phi) is 6.15. The van der Waals surface area contributed by atoms with Gasteiger partial charge in [0, 0.05) is 38.0 Å². The number of benzene rings is 1. The van der Waals surface area contributed by atoms with Gasteiger partial charge in [0.2, 0.25) is 5.91 Å². The molecule has 30 heavy (non-hydrogen) atoms. The first-order chi connectivity index (χ1) is 14.3. The summed E-state index contributed by atoms with van der Waals surface area (Å²) in [7, 11) is 0. The highest BCUT2D eigenvalue weighted by Gasteiger charge is 2.37. The smallest absolute Gasteiger partial charge is 0.335 e. The van der Waals surface area contributed by atoms with Gasteiger partial charge in [-0.05, 0) is 43.2 Å². The first kappa shape index (κ1) is 21.0. The van der Waals surface area contributed by atoms with Gasteiger partial charge in [-0.1, -0.05) is 12.1 Å². The zero-order chi connectivity index (χ0) is 21.8. The van der Waals surface area contributed by atoms with Crippen LogP contribution in [-0.2, 0) is 16.0 Å². The number of anilines is 1. The summed E-state index contributed by atoms with van der Waals surface area (Å²) in [5, 5.41) is 12.3. The number of hydrogen-bond acceptors (Lipinski definition) is 5. The van der Waals surface area contributed by atoms with E-state index in [1.54, 1.807) is 35.6 Å². The molecular formula is C22H24N4O4. The molecule has 1 aliphatic rings. The number of likely N-dealkylation sites (N-methyl/N-ethyl adjacent to an activating group) is 1. The summed E-state index contributed by atoms with van der Waals surface area (Å²) in [6, 6.07) is 8.30. The monoisotopic (exact) mass is 408 g/mol. The zero-order valence-electron chi connectivity index (χ0n) is 17.1. The lowest BCUT2D eigenvalue weighted by atomic mass is 10.0. The summed E-state index contributed by atoms with van der Waals surface area (Å²) in [5.74, 6) is -1.50. The van der Waals surface area contributed by atoms with E-state index in [0.717, 1.165) is 11.1 Å². The first-order valence-electron chi connectivity index (χ1n) is 9.62. The molecule has 2 amide bonds. The number of amides is 2. The van der Waals surface area contributed by atoms with Gasteiger partial charge in [-0.2, -0.15) is 0 Å². The maximum absolute atomic E-state index is 13.0. The highest BCUT2D eigenvalue weighted by molar-refractivity contribution is 5.92. The van der Waals surface area contributed by atoms with Gasteiger partial charge in [-0.15, -0.1) is 0 Å². The molecule has 8 heteroatoms. The number of carboxylic acids is 1. The van der Waals surface area contributed by atoms with Crippen LogP contribution in [-0.4, -0.2) is 50.4 Å². The van der Waals surface area contributed by atoms with E-state index in [2.05, 4.69) is 10.3 Å². The van der Waals surface area contributed by atoms with E-state index >= 15 is 0 Å². The van der Waals surface area contributed by atoms with E-state index in [9.17, 15) is 14.4 Å². The fourth-order valence-electron chi connectivity index (χ4n) is 3.36. The summed E-state index contributed by atoms with van der Waals surface area (Å²) in [6.45, 7) is 5.63. The van der Waals surface area contributed by atoms with Crippen LogP contribution >= 0.6 is 0 Å². The zero-order valence-corrected chi connectivity index (χ0v) is 17.1. The van der Waals surface area contributed by atoms with Crippen LogP contribution in [0.1, 0.15) is 35.3 Å². The molecule has 8 nitrogen and oxygen atoms in total. The molecule has 0 bridgehead atoms. The summed E-state index contributed by atoms with van der Waals surface area (Å²) in [4.78, 5) is 43.8. The average Bonchev–Trinajstić information content (AvgIpc) is 2.71. The summed E-state index contributed by atoms with van der Waals surface area (Å²) < 4.78 is 0. The van der Waals surface area contributed by atoms with Crippen molar-refractivity contribution in [2.75, 3.05) is 11.9 Å². The van der Waals surface area contributed by atoms with Crippen LogP contribution in [0.5, 0.6) is 0 Å². The van der Waals surface area contributed by atoms with Crippen molar-refractivity contribution >= 4 is 23.5 Å². The predicted molar refractivity (Wildman–Crippen MR) is 111 cm³/mol. The number of rotatable bonds is 6. The molecular weight excluding hydrogens is 384 g/mol. The quantitative estimate of drug-likeness (QED) is 0.762. The topological polar surface area (TPSA) is 103 Å². The van der Waals surface area contributed by atoms with Crippen LogP contribution in [0.4, 0.5) is 5.69 Å². The third-order valence-electron chi connectivity index (χ3n) is 4.99. The molecule has 0 saturated heterocycles. The molecule has 2 aromatic rings. The molecule has 0 spiro atoms. The Bertz CT molecular complexity index is 1000. The van der Waals surface area contributed by atoms with Crippen LogP contribution in [0.15, 0.2) is 54.6 Å². The maximum Gasteiger partial charge on any atom is 0.335 e. The number of pyridine rings is 1. The molecule has 0 saturated carbocycles. The first-order valence-corrected chi connectivity index (χ1v) is 9.62. The molecule has 1 aliphatic heterocycles. The van der Waals surface area contributed by atoms with Gasteiger partial charge < -0.3 is 15.3 Å². The van der Waals surface area contributed by atoms with Gasteiger partial charge in [0.25, 0.3) is 5.91 Å². The Morgan fingerprint density at radius 3 is 2.47 bits per heavy atom. The third kappa shape index (κ3) is 4.32. The van der Waals surface area contributed by atoms with E-state index in [1.165, 1.54) is 24.0 Å². The van der Waals surface area contributed by atoms with Gasteiger partial charge in [-0.3, -0.25) is 19.5 Å². The largest absolute Gasteiger partial charge is 0.478 e. The molecule has 2 heterocycles. The van der Waals surface area contributed by atoms with Crippen molar-refractivity contribution < 1.29 is 19.5 Å². The van der Waals surface area contributed by atoms with Gasteiger partial charge in [-0.25, -0.2) is 4.79 Å². The second-order valence-electron chi connectivity index (χ2n) is 7.05. The summed E-state index contributed by atoms with van der Waals surface area (Å²) >= 11 is 0. The number of carbonyl (C=O) groups excluding carboxylic acids is 2. The highest BCUT2D eigenvalue weighted by Crippen LogP contribution is 2.25. The van der Waals surface area contributed by atoms with E-state index < -0.39 is 12.1 Å². The number of carboxylic acid groups (broad SMARTS) is 1. The van der Waals surface area contributed by atoms with Crippen molar-refractivity contribution in [2.45, 2.75) is 33.4 Å². The lowest BCUT2D eigenvalue weighted by Gasteiger charge is -2.40. The normalized spacial score (nSPS) is 16.3. The minimum atomic E-state index is -0.998. The Morgan fingerprint density at radius 2 is 1.90 bits per heavy atom. The van der Waals surface area contributed by atoms with Crippen LogP contribution in [0.2, 0.25) is 0 Å². The molecule has 1 aromatic carbocycles. The maximum atomic E-state index is 13.0. The number of carbonyl (C=O) groups is 3. The van der Waals surface area contributed by atoms with Crippen molar-refractivity contribution in [3.05, 3.63) is 71.3 Å². The molecule has 0 fully saturated rings. The molecule has 3 rings (SSSR count). The minimum absolute atomic E-state index is 0.191. The summed E-state index contributed by atoms with van der Waals surface area (Å²) in [6.07, 6.45) is 4.44. The molecule has 0 radical (unpaired) electrons. The Labute approximate surface area is 174 Å². The van der Waals surface area contributed by atoms with Gasteiger partial charge in [0.05, 0.1) is 17.4 Å². The Morgan fingerprint density at radius 1 is 1.20 bits per heavy atom. The Hall–Kier alpha value is -3.68. The van der Waals surface area contributed by atoms with Crippen molar-refractivity contribution in [3.8, 4) is 0 Å². The van der Waals surface area contributed by atoms with Crippen LogP contribution in [0.3, 0.4) is 0 Å². The molecule has 1 unspecified atom stereocenters. The molecule has 156 valence electrons. The molecule has 2 N–H and O–H groups in total. The van der Waals surface area contributed by atoms with E-state index in [-0.39, 0.29) is 17.4 Å². The van der Waals surface area contributed by atoms with Crippen molar-refractivity contribution in [2.24, 2.45) is 0 Å². The number of hydrogen-bond donors (Lipinski definition) is 2. The van der Waals surface area contributed by atoms with E-state index in [0.29, 0.717) is 24.4 Å². The standard InChI is InChI=1S/C22H24N4O4/c1-4-25-13-18(11-16-5-7-17(8-6-16)22(29)30)26(15(3)27)20(21(25)28)24-19-12-23-10-9-14(19)2/h5-10,12-13,20,24H,4,11H2,1-3H3,(H,29,30). The van der Waals surface area contributed by atoms with Crippen LogP contribution < -0.4 is 5.32 Å². The second kappa shape index (κ2) is 8.77. The van der Waals surface area contributed by atoms with Gasteiger partial charge in [0.15, 0.2) is 6.17 Å². The number of nitrogens with one attached hydrogen (secondary N) is 1. The molecule has 1 aromatic heterocycles. The Balaban J connectivity index is 1.95. The fourth-order valence-corrected chi connectivity index (χ4v) is 3.36. The van der Waals surface area contributed by atoms with Gasteiger partial charge in [0.1, 0.15) is 0 Å². The number of allylic oxidation sites excluding steroid dienone is 1. The average molecular weight is 408 g/mol. The van der Waals surface area contributed by atoms with Crippen molar-refractivity contribution in [1.29, 1.82) is 0 Å².